The molecule has 0 spiro atoms. The first-order valence-corrected chi connectivity index (χ1v) is 2.90. The molecule has 0 fully saturated rings. The summed E-state index contributed by atoms with van der Waals surface area (Å²) in [6, 6.07) is 0. The number of aromatic nitrogens is 2. The zero-order chi connectivity index (χ0) is 8.43. The van der Waals surface area contributed by atoms with Crippen LogP contribution in [0.1, 0.15) is 16.1 Å². The standard InChI is InChI=1S/C6H6N2O3/c1-3-2-7-6(11)8-4(3)5(9)10/h2H,1H3,(H,9,10)(H,7,8,11). The Hall–Kier alpha value is -1.65. The maximum atomic E-state index is 10.5. The highest BCUT2D eigenvalue weighted by molar-refractivity contribution is 5.86. The average molecular weight is 154 g/mol. The molecule has 0 aliphatic heterocycles. The van der Waals surface area contributed by atoms with E-state index in [0.717, 1.165) is 0 Å². The Morgan fingerprint density at radius 2 is 2.36 bits per heavy atom. The Balaban J connectivity index is 3.35. The topological polar surface area (TPSA) is 83.0 Å². The van der Waals surface area contributed by atoms with Crippen LogP contribution in [0.25, 0.3) is 0 Å². The van der Waals surface area contributed by atoms with Crippen LogP contribution in [0.5, 0.6) is 0 Å². The monoisotopic (exact) mass is 154 g/mol. The number of carboxylic acids is 1. The number of hydrogen-bond acceptors (Lipinski definition) is 3. The first-order chi connectivity index (χ1) is 5.11. The van der Waals surface area contributed by atoms with Crippen LogP contribution < -0.4 is 5.69 Å². The van der Waals surface area contributed by atoms with Gasteiger partial charge in [-0.1, -0.05) is 0 Å². The molecule has 0 aliphatic rings. The van der Waals surface area contributed by atoms with E-state index in [1.54, 1.807) is 6.92 Å². The molecule has 0 saturated carbocycles. The molecule has 58 valence electrons. The Labute approximate surface area is 61.7 Å². The summed E-state index contributed by atoms with van der Waals surface area (Å²) < 4.78 is 0. The van der Waals surface area contributed by atoms with Gasteiger partial charge in [0.25, 0.3) is 0 Å². The second-order valence-electron chi connectivity index (χ2n) is 2.05. The lowest BCUT2D eigenvalue weighted by Crippen LogP contribution is -2.16. The predicted molar refractivity (Wildman–Crippen MR) is 36.6 cm³/mol. The van der Waals surface area contributed by atoms with E-state index in [-0.39, 0.29) is 5.69 Å². The van der Waals surface area contributed by atoms with Gasteiger partial charge in [-0.25, -0.2) is 14.6 Å². The minimum absolute atomic E-state index is 0.106. The molecule has 0 bridgehead atoms. The maximum Gasteiger partial charge on any atom is 0.352 e. The van der Waals surface area contributed by atoms with Crippen molar-refractivity contribution in [2.75, 3.05) is 0 Å². The van der Waals surface area contributed by atoms with Crippen LogP contribution in [0.15, 0.2) is 11.0 Å². The number of nitrogens with zero attached hydrogens (tertiary/aromatic N) is 1. The number of aromatic amines is 1. The summed E-state index contributed by atoms with van der Waals surface area (Å²) in [5.74, 6) is -1.15. The molecule has 0 aromatic carbocycles. The van der Waals surface area contributed by atoms with E-state index in [2.05, 4.69) is 9.97 Å². The Kier molecular flexibility index (Phi) is 1.72. The summed E-state index contributed by atoms with van der Waals surface area (Å²) in [6.07, 6.45) is 1.22. The summed E-state index contributed by atoms with van der Waals surface area (Å²) in [5.41, 5.74) is -0.310. The third-order valence-electron chi connectivity index (χ3n) is 1.22. The van der Waals surface area contributed by atoms with Crippen molar-refractivity contribution in [1.82, 2.24) is 9.97 Å². The molecule has 0 saturated heterocycles. The Bertz CT molecular complexity index is 342. The van der Waals surface area contributed by atoms with E-state index >= 15 is 0 Å². The van der Waals surface area contributed by atoms with Gasteiger partial charge in [0.1, 0.15) is 5.69 Å². The van der Waals surface area contributed by atoms with Crippen molar-refractivity contribution in [3.63, 3.8) is 0 Å². The Morgan fingerprint density at radius 3 is 2.82 bits per heavy atom. The quantitative estimate of drug-likeness (QED) is 0.585. The number of carbonyl (C=O) groups is 1. The lowest BCUT2D eigenvalue weighted by molar-refractivity contribution is 0.0689. The van der Waals surface area contributed by atoms with E-state index in [1.807, 2.05) is 0 Å². The number of hydrogen-bond donors (Lipinski definition) is 2. The van der Waals surface area contributed by atoms with E-state index < -0.39 is 11.7 Å². The van der Waals surface area contributed by atoms with Crippen LogP contribution in [-0.4, -0.2) is 21.0 Å². The highest BCUT2D eigenvalue weighted by atomic mass is 16.4. The fourth-order valence-electron chi connectivity index (χ4n) is 0.680. The van der Waals surface area contributed by atoms with Crippen molar-refractivity contribution < 1.29 is 9.90 Å². The highest BCUT2D eigenvalue weighted by Gasteiger charge is 2.06. The van der Waals surface area contributed by atoms with Crippen molar-refractivity contribution in [2.24, 2.45) is 0 Å². The molecule has 0 aliphatic carbocycles. The molecule has 0 amide bonds. The maximum absolute atomic E-state index is 10.5. The molecule has 5 nitrogen and oxygen atoms in total. The van der Waals surface area contributed by atoms with Crippen molar-refractivity contribution >= 4 is 5.97 Å². The molecule has 1 heterocycles. The second kappa shape index (κ2) is 2.53. The number of H-pyrrole nitrogens is 1. The predicted octanol–water partition coefficient (Wildman–Crippen LogP) is -0.223. The highest BCUT2D eigenvalue weighted by Crippen LogP contribution is 1.97. The molecule has 2 N–H and O–H groups in total. The van der Waals surface area contributed by atoms with Gasteiger partial charge in [0.15, 0.2) is 0 Å². The van der Waals surface area contributed by atoms with E-state index in [0.29, 0.717) is 5.56 Å². The van der Waals surface area contributed by atoms with E-state index in [9.17, 15) is 9.59 Å². The van der Waals surface area contributed by atoms with Gasteiger partial charge in [0.2, 0.25) is 0 Å². The van der Waals surface area contributed by atoms with Crippen LogP contribution in [0.2, 0.25) is 0 Å². The molecular formula is C6H6N2O3. The lowest BCUT2D eigenvalue weighted by Gasteiger charge is -1.95. The number of carboxylic acid groups (broad SMARTS) is 1. The van der Waals surface area contributed by atoms with Crippen molar-refractivity contribution in [3.8, 4) is 0 Å². The van der Waals surface area contributed by atoms with Crippen LogP contribution in [0.3, 0.4) is 0 Å². The van der Waals surface area contributed by atoms with Gasteiger partial charge in [0.05, 0.1) is 0 Å². The van der Waals surface area contributed by atoms with Crippen molar-refractivity contribution in [3.05, 3.63) is 27.9 Å². The number of aryl methyl sites for hydroxylation is 1. The average Bonchev–Trinajstić information content (AvgIpc) is 1.94. The van der Waals surface area contributed by atoms with Crippen molar-refractivity contribution in [1.29, 1.82) is 0 Å². The fraction of sp³-hybridized carbons (Fsp3) is 0.167. The second-order valence-corrected chi connectivity index (χ2v) is 2.05. The van der Waals surface area contributed by atoms with Gasteiger partial charge in [-0.05, 0) is 12.5 Å². The number of aromatic carboxylic acids is 1. The SMILES string of the molecule is Cc1cnc(=O)[nH]c1C(=O)O. The molecule has 0 radical (unpaired) electrons. The van der Waals surface area contributed by atoms with Gasteiger partial charge >= 0.3 is 11.7 Å². The van der Waals surface area contributed by atoms with E-state index in [4.69, 9.17) is 5.11 Å². The van der Waals surface area contributed by atoms with Crippen LogP contribution in [-0.2, 0) is 0 Å². The van der Waals surface area contributed by atoms with Gasteiger partial charge in [-0.2, -0.15) is 0 Å². The molecule has 0 atom stereocenters. The first kappa shape index (κ1) is 7.46. The van der Waals surface area contributed by atoms with Gasteiger partial charge in [-0.15, -0.1) is 0 Å². The summed E-state index contributed by atoms with van der Waals surface area (Å²) >= 11 is 0. The molecule has 1 aromatic rings. The largest absolute Gasteiger partial charge is 0.477 e. The zero-order valence-corrected chi connectivity index (χ0v) is 5.79. The number of nitrogens with one attached hydrogen (secondary N) is 1. The third-order valence-corrected chi connectivity index (χ3v) is 1.22. The summed E-state index contributed by atoms with van der Waals surface area (Å²) in [7, 11) is 0. The zero-order valence-electron chi connectivity index (χ0n) is 5.79. The summed E-state index contributed by atoms with van der Waals surface area (Å²) in [6.45, 7) is 1.56. The van der Waals surface area contributed by atoms with Crippen LogP contribution in [0.4, 0.5) is 0 Å². The molecule has 11 heavy (non-hydrogen) atoms. The summed E-state index contributed by atoms with van der Waals surface area (Å²) in [5, 5.41) is 8.49. The van der Waals surface area contributed by atoms with Gasteiger partial charge in [-0.3, -0.25) is 4.98 Å². The summed E-state index contributed by atoms with van der Waals surface area (Å²) in [4.78, 5) is 26.3. The minimum Gasteiger partial charge on any atom is -0.477 e. The molecule has 1 aromatic heterocycles. The molecule has 5 heteroatoms. The number of rotatable bonds is 1. The normalized spacial score (nSPS) is 9.55. The van der Waals surface area contributed by atoms with Crippen molar-refractivity contribution in [2.45, 2.75) is 6.92 Å². The first-order valence-electron chi connectivity index (χ1n) is 2.90. The van der Waals surface area contributed by atoms with Crippen LogP contribution in [0, 0.1) is 6.92 Å². The van der Waals surface area contributed by atoms with Gasteiger partial charge in [0, 0.05) is 6.20 Å². The minimum atomic E-state index is -1.15. The lowest BCUT2D eigenvalue weighted by atomic mass is 10.2. The molecule has 1 rings (SSSR count). The van der Waals surface area contributed by atoms with E-state index in [1.165, 1.54) is 6.20 Å². The molecule has 0 unspecified atom stereocenters. The Morgan fingerprint density at radius 1 is 1.73 bits per heavy atom. The van der Waals surface area contributed by atoms with Gasteiger partial charge < -0.3 is 5.11 Å². The molecular weight excluding hydrogens is 148 g/mol. The van der Waals surface area contributed by atoms with Crippen LogP contribution >= 0.6 is 0 Å². The smallest absolute Gasteiger partial charge is 0.352 e. The fourth-order valence-corrected chi connectivity index (χ4v) is 0.680. The third kappa shape index (κ3) is 1.43.